The number of benzene rings is 1. The molecule has 2 nitrogen and oxygen atoms in total. The first-order valence-corrected chi connectivity index (χ1v) is 6.30. The Labute approximate surface area is 104 Å². The molecular weight excluding hydrogens is 210 g/mol. The summed E-state index contributed by atoms with van der Waals surface area (Å²) in [7, 11) is 0. The summed E-state index contributed by atoms with van der Waals surface area (Å²) in [6.07, 6.45) is 1.62. The molecule has 2 heteroatoms. The van der Waals surface area contributed by atoms with Gasteiger partial charge in [-0.3, -0.25) is 4.79 Å². The van der Waals surface area contributed by atoms with Crippen LogP contribution in [-0.2, 0) is 4.79 Å². The summed E-state index contributed by atoms with van der Waals surface area (Å²) in [5.74, 6) is 0.840. The van der Waals surface area contributed by atoms with Gasteiger partial charge in [0.15, 0.2) is 0 Å². The van der Waals surface area contributed by atoms with Gasteiger partial charge in [-0.05, 0) is 38.3 Å². The Morgan fingerprint density at radius 1 is 1.24 bits per heavy atom. The fourth-order valence-electron chi connectivity index (χ4n) is 1.99. The molecule has 0 fully saturated rings. The number of hydrogen-bond acceptors (Lipinski definition) is 2. The molecule has 0 heterocycles. The number of Topliss-reactive ketones (excluding diaryl/α,β-unsaturated/α-hetero) is 1. The number of ketones is 1. The minimum Gasteiger partial charge on any atom is -0.382 e. The van der Waals surface area contributed by atoms with Crippen molar-refractivity contribution in [2.24, 2.45) is 5.92 Å². The molecule has 0 aliphatic heterocycles. The van der Waals surface area contributed by atoms with Crippen molar-refractivity contribution in [3.63, 3.8) is 0 Å². The molecule has 1 aromatic rings. The zero-order valence-corrected chi connectivity index (χ0v) is 11.3. The number of hydrogen-bond donors (Lipinski definition) is 1. The normalized spacial score (nSPS) is 12.5. The Morgan fingerprint density at radius 3 is 2.29 bits per heavy atom. The molecule has 94 valence electrons. The van der Waals surface area contributed by atoms with E-state index < -0.39 is 0 Å². The standard InChI is InChI=1S/C15H23NO/c1-11(2)9-15(10-13(4)17)16-14-7-5-12(3)6-8-14/h5-8,11,15-16H,9-10H2,1-4H3. The Hall–Kier alpha value is -1.31. The molecule has 0 bridgehead atoms. The number of nitrogens with one attached hydrogen (secondary N) is 1. The van der Waals surface area contributed by atoms with Crippen LogP contribution < -0.4 is 5.32 Å². The SMILES string of the molecule is CC(=O)CC(CC(C)C)Nc1ccc(C)cc1. The van der Waals surface area contributed by atoms with E-state index in [1.807, 2.05) is 0 Å². The van der Waals surface area contributed by atoms with Gasteiger partial charge < -0.3 is 5.32 Å². The van der Waals surface area contributed by atoms with E-state index in [1.165, 1.54) is 5.56 Å². The van der Waals surface area contributed by atoms with Crippen molar-refractivity contribution in [3.05, 3.63) is 29.8 Å². The first-order chi connectivity index (χ1) is 7.97. The molecule has 1 atom stereocenters. The lowest BCUT2D eigenvalue weighted by atomic mass is 9.99. The average molecular weight is 233 g/mol. The quantitative estimate of drug-likeness (QED) is 0.809. The minimum absolute atomic E-state index is 0.246. The van der Waals surface area contributed by atoms with Gasteiger partial charge in [0.1, 0.15) is 5.78 Å². The van der Waals surface area contributed by atoms with Crippen molar-refractivity contribution >= 4 is 11.5 Å². The molecule has 0 aliphatic rings. The van der Waals surface area contributed by atoms with Crippen LogP contribution in [0.25, 0.3) is 0 Å². The molecule has 0 saturated heterocycles. The molecule has 0 aromatic heterocycles. The maximum absolute atomic E-state index is 11.2. The van der Waals surface area contributed by atoms with E-state index in [0.717, 1.165) is 12.1 Å². The lowest BCUT2D eigenvalue weighted by Crippen LogP contribution is -2.24. The number of carbonyl (C=O) groups excluding carboxylic acids is 1. The number of carbonyl (C=O) groups is 1. The molecule has 1 N–H and O–H groups in total. The fourth-order valence-corrected chi connectivity index (χ4v) is 1.99. The second-order valence-corrected chi connectivity index (χ2v) is 5.24. The number of aryl methyl sites for hydroxylation is 1. The number of anilines is 1. The van der Waals surface area contributed by atoms with E-state index in [-0.39, 0.29) is 11.8 Å². The highest BCUT2D eigenvalue weighted by Crippen LogP contribution is 2.16. The average Bonchev–Trinajstić information content (AvgIpc) is 2.19. The van der Waals surface area contributed by atoms with Gasteiger partial charge in [0, 0.05) is 18.2 Å². The second kappa shape index (κ2) is 6.43. The molecule has 0 spiro atoms. The van der Waals surface area contributed by atoms with E-state index in [9.17, 15) is 4.79 Å². The zero-order valence-electron chi connectivity index (χ0n) is 11.3. The van der Waals surface area contributed by atoms with Crippen molar-refractivity contribution in [3.8, 4) is 0 Å². The molecule has 0 amide bonds. The van der Waals surface area contributed by atoms with Crippen LogP contribution >= 0.6 is 0 Å². The largest absolute Gasteiger partial charge is 0.382 e. The molecule has 1 unspecified atom stereocenters. The third kappa shape index (κ3) is 5.53. The Kier molecular flexibility index (Phi) is 5.20. The second-order valence-electron chi connectivity index (χ2n) is 5.24. The summed E-state index contributed by atoms with van der Waals surface area (Å²) in [4.78, 5) is 11.2. The van der Waals surface area contributed by atoms with Crippen LogP contribution in [0.1, 0.15) is 39.2 Å². The van der Waals surface area contributed by atoms with Crippen LogP contribution in [-0.4, -0.2) is 11.8 Å². The van der Waals surface area contributed by atoms with Gasteiger partial charge >= 0.3 is 0 Å². The van der Waals surface area contributed by atoms with Crippen molar-refractivity contribution in [1.82, 2.24) is 0 Å². The van der Waals surface area contributed by atoms with Gasteiger partial charge in [-0.25, -0.2) is 0 Å². The van der Waals surface area contributed by atoms with Gasteiger partial charge in [0.2, 0.25) is 0 Å². The van der Waals surface area contributed by atoms with Gasteiger partial charge in [0.25, 0.3) is 0 Å². The molecular formula is C15H23NO. The van der Waals surface area contributed by atoms with Gasteiger partial charge in [-0.1, -0.05) is 31.5 Å². The van der Waals surface area contributed by atoms with E-state index >= 15 is 0 Å². The summed E-state index contributed by atoms with van der Waals surface area (Å²) >= 11 is 0. The monoisotopic (exact) mass is 233 g/mol. The zero-order chi connectivity index (χ0) is 12.8. The Morgan fingerprint density at radius 2 is 1.82 bits per heavy atom. The first kappa shape index (κ1) is 13.8. The summed E-state index contributed by atoms with van der Waals surface area (Å²) < 4.78 is 0. The van der Waals surface area contributed by atoms with Gasteiger partial charge in [-0.2, -0.15) is 0 Å². The highest BCUT2D eigenvalue weighted by Gasteiger charge is 2.12. The topological polar surface area (TPSA) is 29.1 Å². The van der Waals surface area contributed by atoms with Gasteiger partial charge in [-0.15, -0.1) is 0 Å². The van der Waals surface area contributed by atoms with Crippen LogP contribution in [0.15, 0.2) is 24.3 Å². The summed E-state index contributed by atoms with van der Waals surface area (Å²) in [5.41, 5.74) is 2.35. The van der Waals surface area contributed by atoms with E-state index in [2.05, 4.69) is 50.4 Å². The lowest BCUT2D eigenvalue weighted by molar-refractivity contribution is -0.117. The number of rotatable bonds is 6. The van der Waals surface area contributed by atoms with Crippen LogP contribution in [0.4, 0.5) is 5.69 Å². The van der Waals surface area contributed by atoms with Crippen LogP contribution in [0, 0.1) is 12.8 Å². The smallest absolute Gasteiger partial charge is 0.131 e. The van der Waals surface area contributed by atoms with Crippen molar-refractivity contribution in [1.29, 1.82) is 0 Å². The molecule has 1 rings (SSSR count). The maximum atomic E-state index is 11.2. The lowest BCUT2D eigenvalue weighted by Gasteiger charge is -2.20. The summed E-state index contributed by atoms with van der Waals surface area (Å²) in [6.45, 7) is 8.10. The highest BCUT2D eigenvalue weighted by atomic mass is 16.1. The molecule has 0 radical (unpaired) electrons. The Balaban J connectivity index is 2.64. The molecule has 0 aliphatic carbocycles. The molecule has 17 heavy (non-hydrogen) atoms. The maximum Gasteiger partial charge on any atom is 0.131 e. The molecule has 0 saturated carbocycles. The molecule has 1 aromatic carbocycles. The highest BCUT2D eigenvalue weighted by molar-refractivity contribution is 5.76. The summed E-state index contributed by atoms with van der Waals surface area (Å²) in [6, 6.07) is 8.56. The minimum atomic E-state index is 0.246. The first-order valence-electron chi connectivity index (χ1n) is 6.30. The van der Waals surface area contributed by atoms with E-state index in [0.29, 0.717) is 12.3 Å². The van der Waals surface area contributed by atoms with E-state index in [4.69, 9.17) is 0 Å². The Bertz CT molecular complexity index is 354. The summed E-state index contributed by atoms with van der Waals surface area (Å²) in [5, 5.41) is 3.45. The van der Waals surface area contributed by atoms with Gasteiger partial charge in [0.05, 0.1) is 0 Å². The van der Waals surface area contributed by atoms with Crippen molar-refractivity contribution in [2.75, 3.05) is 5.32 Å². The predicted molar refractivity (Wildman–Crippen MR) is 73.3 cm³/mol. The third-order valence-corrected chi connectivity index (χ3v) is 2.71. The van der Waals surface area contributed by atoms with Crippen molar-refractivity contribution < 1.29 is 4.79 Å². The fraction of sp³-hybridized carbons (Fsp3) is 0.533. The van der Waals surface area contributed by atoms with Crippen LogP contribution in [0.2, 0.25) is 0 Å². The third-order valence-electron chi connectivity index (χ3n) is 2.71. The van der Waals surface area contributed by atoms with E-state index in [1.54, 1.807) is 6.92 Å². The van der Waals surface area contributed by atoms with Crippen molar-refractivity contribution in [2.45, 2.75) is 46.6 Å². The van der Waals surface area contributed by atoms with Crippen LogP contribution in [0.5, 0.6) is 0 Å². The van der Waals surface area contributed by atoms with Crippen LogP contribution in [0.3, 0.4) is 0 Å². The predicted octanol–water partition coefficient (Wildman–Crippen LogP) is 3.80.